The zero-order chi connectivity index (χ0) is 22.1. The summed E-state index contributed by atoms with van der Waals surface area (Å²) in [5.74, 6) is -0.00358. The van der Waals surface area contributed by atoms with E-state index in [4.69, 9.17) is 4.42 Å². The summed E-state index contributed by atoms with van der Waals surface area (Å²) < 4.78 is 5.62. The first-order valence-corrected chi connectivity index (χ1v) is 9.65. The fourth-order valence-corrected chi connectivity index (χ4v) is 3.25. The largest absolute Gasteiger partial charge is 0.451 e. The number of non-ortho nitro benzene ring substituents is 1. The summed E-state index contributed by atoms with van der Waals surface area (Å²) in [6.45, 7) is 0. The van der Waals surface area contributed by atoms with Crippen LogP contribution in [0.15, 0.2) is 89.3 Å². The van der Waals surface area contributed by atoms with Gasteiger partial charge in [0.05, 0.1) is 10.6 Å². The van der Waals surface area contributed by atoms with Gasteiger partial charge in [-0.15, -0.1) is 10.2 Å². The highest BCUT2D eigenvalue weighted by Gasteiger charge is 2.15. The van der Waals surface area contributed by atoms with Gasteiger partial charge in [-0.1, -0.05) is 30.3 Å². The Kier molecular flexibility index (Phi) is 4.68. The smallest absolute Gasteiger partial charge is 0.291 e. The summed E-state index contributed by atoms with van der Waals surface area (Å²) in [6, 6.07) is 23.9. The quantitative estimate of drug-likeness (QED) is 0.318. The topological polar surface area (TPSA) is 116 Å². The number of hydrogen-bond acceptors (Lipinski definition) is 6. The first kappa shape index (κ1) is 19.2. The van der Waals surface area contributed by atoms with Gasteiger partial charge in [-0.2, -0.15) is 4.80 Å². The molecule has 0 unspecified atom stereocenters. The number of hydrogen-bond donors (Lipinski definition) is 1. The fraction of sp³-hybridized carbons (Fsp3) is 0. The van der Waals surface area contributed by atoms with Gasteiger partial charge in [0.2, 0.25) is 0 Å². The molecule has 2 heterocycles. The standard InChI is InChI=1S/C23H15N5O4/c29-23(22-12-11-21(32-22)15-5-4-8-18(13-15)28(30)31)24-16-9-10-19-20(14-16)26-27(25-19)17-6-2-1-3-7-17/h1-14H,(H,24,29). The number of aromatic nitrogens is 3. The molecule has 1 N–H and O–H groups in total. The van der Waals surface area contributed by atoms with Gasteiger partial charge in [0.15, 0.2) is 5.76 Å². The lowest BCUT2D eigenvalue weighted by molar-refractivity contribution is -0.384. The number of nitro groups is 1. The van der Waals surface area contributed by atoms with E-state index in [1.807, 2.05) is 30.3 Å². The number of amides is 1. The molecular weight excluding hydrogens is 410 g/mol. The van der Waals surface area contributed by atoms with E-state index in [1.165, 1.54) is 23.0 Å². The van der Waals surface area contributed by atoms with Crippen molar-refractivity contribution >= 4 is 28.3 Å². The molecule has 0 bridgehead atoms. The Hall–Kier alpha value is -4.79. The van der Waals surface area contributed by atoms with Crippen LogP contribution in [0.25, 0.3) is 28.0 Å². The van der Waals surface area contributed by atoms with E-state index < -0.39 is 10.8 Å². The van der Waals surface area contributed by atoms with E-state index >= 15 is 0 Å². The summed E-state index contributed by atoms with van der Waals surface area (Å²) in [5, 5.41) is 22.7. The van der Waals surface area contributed by atoms with Crippen molar-refractivity contribution in [2.75, 3.05) is 5.32 Å². The van der Waals surface area contributed by atoms with Crippen molar-refractivity contribution in [1.29, 1.82) is 0 Å². The number of fused-ring (bicyclic) bond motifs is 1. The average Bonchev–Trinajstić information content (AvgIpc) is 3.47. The minimum Gasteiger partial charge on any atom is -0.451 e. The zero-order valence-corrected chi connectivity index (χ0v) is 16.5. The van der Waals surface area contributed by atoms with Crippen molar-refractivity contribution in [3.05, 3.63) is 101 Å². The number of nitrogens with zero attached hydrogens (tertiary/aromatic N) is 4. The molecule has 0 aliphatic carbocycles. The maximum Gasteiger partial charge on any atom is 0.291 e. The van der Waals surface area contributed by atoms with Crippen molar-refractivity contribution in [2.45, 2.75) is 0 Å². The number of nitro benzene ring substituents is 1. The summed E-state index contributed by atoms with van der Waals surface area (Å²) >= 11 is 0. The molecule has 5 aromatic rings. The molecule has 0 spiro atoms. The van der Waals surface area contributed by atoms with Crippen molar-refractivity contribution in [3.8, 4) is 17.0 Å². The molecule has 3 aromatic carbocycles. The first-order valence-electron chi connectivity index (χ1n) is 9.65. The summed E-state index contributed by atoms with van der Waals surface area (Å²) in [4.78, 5) is 24.7. The highest BCUT2D eigenvalue weighted by atomic mass is 16.6. The molecule has 0 aliphatic heterocycles. The Labute approximate surface area is 181 Å². The number of rotatable bonds is 5. The van der Waals surface area contributed by atoms with Gasteiger partial charge < -0.3 is 9.73 Å². The summed E-state index contributed by atoms with van der Waals surface area (Å²) in [5.41, 5.74) is 3.15. The van der Waals surface area contributed by atoms with Gasteiger partial charge in [-0.3, -0.25) is 14.9 Å². The van der Waals surface area contributed by atoms with Crippen molar-refractivity contribution < 1.29 is 14.1 Å². The van der Waals surface area contributed by atoms with Crippen molar-refractivity contribution in [3.63, 3.8) is 0 Å². The summed E-state index contributed by atoms with van der Waals surface area (Å²) in [6.07, 6.45) is 0. The van der Waals surface area contributed by atoms with Crippen LogP contribution in [0.2, 0.25) is 0 Å². The van der Waals surface area contributed by atoms with Crippen LogP contribution in [-0.2, 0) is 0 Å². The molecule has 9 nitrogen and oxygen atoms in total. The Morgan fingerprint density at radius 3 is 2.53 bits per heavy atom. The van der Waals surface area contributed by atoms with Gasteiger partial charge in [0.1, 0.15) is 16.8 Å². The van der Waals surface area contributed by atoms with Gasteiger partial charge in [-0.05, 0) is 42.5 Å². The lowest BCUT2D eigenvalue weighted by atomic mass is 10.1. The number of furan rings is 1. The van der Waals surface area contributed by atoms with Crippen molar-refractivity contribution in [1.82, 2.24) is 15.0 Å². The predicted octanol–water partition coefficient (Wildman–Crippen LogP) is 4.84. The van der Waals surface area contributed by atoms with Crippen LogP contribution in [-0.4, -0.2) is 25.8 Å². The minimum atomic E-state index is -0.482. The van der Waals surface area contributed by atoms with Crippen LogP contribution in [0.1, 0.15) is 10.6 Å². The number of para-hydroxylation sites is 1. The van der Waals surface area contributed by atoms with Gasteiger partial charge in [-0.25, -0.2) is 0 Å². The first-order chi connectivity index (χ1) is 15.6. The molecule has 0 saturated heterocycles. The van der Waals surface area contributed by atoms with E-state index in [-0.39, 0.29) is 11.4 Å². The van der Waals surface area contributed by atoms with Crippen LogP contribution in [0.3, 0.4) is 0 Å². The molecule has 2 aromatic heterocycles. The molecule has 5 rings (SSSR count). The Morgan fingerprint density at radius 2 is 1.72 bits per heavy atom. The lowest BCUT2D eigenvalue weighted by Gasteiger charge is -2.02. The number of benzene rings is 3. The van der Waals surface area contributed by atoms with E-state index in [9.17, 15) is 14.9 Å². The Bertz CT molecular complexity index is 1460. The number of nitrogens with one attached hydrogen (secondary N) is 1. The lowest BCUT2D eigenvalue weighted by Crippen LogP contribution is -2.10. The summed E-state index contributed by atoms with van der Waals surface area (Å²) in [7, 11) is 0. The van der Waals surface area contributed by atoms with Crippen molar-refractivity contribution in [2.24, 2.45) is 0 Å². The highest BCUT2D eigenvalue weighted by molar-refractivity contribution is 6.03. The van der Waals surface area contributed by atoms with Crippen LogP contribution < -0.4 is 5.32 Å². The molecule has 32 heavy (non-hydrogen) atoms. The number of carbonyl (C=O) groups is 1. The maximum atomic E-state index is 12.6. The molecular formula is C23H15N5O4. The molecule has 0 atom stereocenters. The molecule has 156 valence electrons. The predicted molar refractivity (Wildman–Crippen MR) is 118 cm³/mol. The second-order valence-corrected chi connectivity index (χ2v) is 6.95. The molecule has 0 radical (unpaired) electrons. The number of carbonyl (C=O) groups excluding carboxylic acids is 1. The molecule has 0 fully saturated rings. The fourth-order valence-electron chi connectivity index (χ4n) is 3.25. The SMILES string of the molecule is O=C(Nc1ccc2nn(-c3ccccc3)nc2c1)c1ccc(-c2cccc([N+](=O)[O-])c2)o1. The Morgan fingerprint density at radius 1 is 0.906 bits per heavy atom. The van der Waals surface area contributed by atoms with Crippen LogP contribution in [0.4, 0.5) is 11.4 Å². The third-order valence-electron chi connectivity index (χ3n) is 4.80. The van der Waals surface area contributed by atoms with Gasteiger partial charge >= 0.3 is 0 Å². The normalized spacial score (nSPS) is 10.9. The molecule has 9 heteroatoms. The number of anilines is 1. The maximum absolute atomic E-state index is 12.6. The van der Waals surface area contributed by atoms with E-state index in [0.29, 0.717) is 28.0 Å². The second kappa shape index (κ2) is 7.80. The monoisotopic (exact) mass is 425 g/mol. The average molecular weight is 425 g/mol. The third-order valence-corrected chi connectivity index (χ3v) is 4.80. The van der Waals surface area contributed by atoms with E-state index in [1.54, 1.807) is 36.4 Å². The molecule has 0 aliphatic rings. The van der Waals surface area contributed by atoms with Crippen LogP contribution >= 0.6 is 0 Å². The van der Waals surface area contributed by atoms with Crippen LogP contribution in [0.5, 0.6) is 0 Å². The second-order valence-electron chi connectivity index (χ2n) is 6.95. The van der Waals surface area contributed by atoms with E-state index in [2.05, 4.69) is 15.5 Å². The Balaban J connectivity index is 1.36. The van der Waals surface area contributed by atoms with Gasteiger partial charge in [0, 0.05) is 23.4 Å². The van der Waals surface area contributed by atoms with Crippen LogP contribution in [0, 0.1) is 10.1 Å². The molecule has 1 amide bonds. The molecule has 0 saturated carbocycles. The van der Waals surface area contributed by atoms with E-state index in [0.717, 1.165) is 5.69 Å². The minimum absolute atomic E-state index is 0.0539. The third kappa shape index (κ3) is 3.70. The van der Waals surface area contributed by atoms with Gasteiger partial charge in [0.25, 0.3) is 11.6 Å². The highest BCUT2D eigenvalue weighted by Crippen LogP contribution is 2.26. The zero-order valence-electron chi connectivity index (χ0n) is 16.5.